The van der Waals surface area contributed by atoms with Crippen LogP contribution in [0.15, 0.2) is 24.3 Å². The molecule has 136 valence electrons. The van der Waals surface area contributed by atoms with Gasteiger partial charge >= 0.3 is 0 Å². The third-order valence-electron chi connectivity index (χ3n) is 3.19. The van der Waals surface area contributed by atoms with E-state index in [0.29, 0.717) is 43.9 Å². The van der Waals surface area contributed by atoms with Crippen molar-refractivity contribution >= 4 is 29.9 Å². The van der Waals surface area contributed by atoms with Gasteiger partial charge in [0, 0.05) is 43.5 Å². The van der Waals surface area contributed by atoms with Crippen LogP contribution >= 0.6 is 12.4 Å². The maximum absolute atomic E-state index is 12.0. The van der Waals surface area contributed by atoms with Gasteiger partial charge in [-0.25, -0.2) is 0 Å². The highest BCUT2D eigenvalue weighted by molar-refractivity contribution is 5.97. The molecule has 1 aromatic carbocycles. The first kappa shape index (κ1) is 22.4. The first-order valence-electron chi connectivity index (χ1n) is 8.04. The first-order valence-corrected chi connectivity index (χ1v) is 8.04. The summed E-state index contributed by atoms with van der Waals surface area (Å²) in [6.07, 6.45) is 1.77. The van der Waals surface area contributed by atoms with Gasteiger partial charge in [0.05, 0.1) is 0 Å². The monoisotopic (exact) mass is 357 g/mol. The number of rotatable bonds is 10. The summed E-state index contributed by atoms with van der Waals surface area (Å²) in [5.41, 5.74) is 6.77. The minimum Gasteiger partial charge on any atom is -0.382 e. The fourth-order valence-corrected chi connectivity index (χ4v) is 1.94. The predicted octanol–water partition coefficient (Wildman–Crippen LogP) is 2.33. The zero-order valence-corrected chi connectivity index (χ0v) is 15.2. The topological polar surface area (TPSA) is 93.5 Å². The van der Waals surface area contributed by atoms with Crippen LogP contribution in [0, 0.1) is 0 Å². The molecule has 0 aliphatic heterocycles. The second-order valence-electron chi connectivity index (χ2n) is 5.45. The van der Waals surface area contributed by atoms with Gasteiger partial charge in [-0.05, 0) is 44.9 Å². The van der Waals surface area contributed by atoms with E-state index >= 15 is 0 Å². The van der Waals surface area contributed by atoms with Crippen molar-refractivity contribution in [1.82, 2.24) is 5.32 Å². The van der Waals surface area contributed by atoms with Gasteiger partial charge in [-0.1, -0.05) is 6.07 Å². The molecule has 4 N–H and O–H groups in total. The Morgan fingerprint density at radius 2 is 2.08 bits per heavy atom. The van der Waals surface area contributed by atoms with Crippen LogP contribution in [0.25, 0.3) is 0 Å². The highest BCUT2D eigenvalue weighted by Crippen LogP contribution is 2.11. The van der Waals surface area contributed by atoms with Crippen LogP contribution < -0.4 is 16.4 Å². The Labute approximate surface area is 149 Å². The van der Waals surface area contributed by atoms with Crippen molar-refractivity contribution in [3.63, 3.8) is 0 Å². The van der Waals surface area contributed by atoms with E-state index < -0.39 is 0 Å². The Balaban J connectivity index is 0.00000529. The zero-order chi connectivity index (χ0) is 17.1. The molecule has 2 amide bonds. The number of benzene rings is 1. The molecule has 0 aliphatic rings. The normalized spacial score (nSPS) is 11.3. The van der Waals surface area contributed by atoms with Crippen molar-refractivity contribution < 1.29 is 14.3 Å². The van der Waals surface area contributed by atoms with Gasteiger partial charge < -0.3 is 21.1 Å². The molecule has 0 aromatic heterocycles. The number of nitrogens with two attached hydrogens (primary N) is 1. The summed E-state index contributed by atoms with van der Waals surface area (Å²) in [6.45, 7) is 5.67. The number of nitrogens with one attached hydrogen (secondary N) is 2. The van der Waals surface area contributed by atoms with Gasteiger partial charge in [0.15, 0.2) is 0 Å². The van der Waals surface area contributed by atoms with Crippen molar-refractivity contribution in [3.8, 4) is 0 Å². The molecule has 0 bridgehead atoms. The van der Waals surface area contributed by atoms with E-state index in [1.807, 2.05) is 13.8 Å². The standard InChI is InChI=1S/C17H27N3O3.ClH/c1-3-23-11-5-10-19-17(22)14-6-4-7-15(12-14)20-16(21)9-8-13(2)18;/h4,6-7,12-13H,3,5,8-11,18H2,1-2H3,(H,19,22)(H,20,21);1H. The molecule has 1 rings (SSSR count). The van der Waals surface area contributed by atoms with Crippen LogP contribution in [0.3, 0.4) is 0 Å². The molecule has 0 fully saturated rings. The summed E-state index contributed by atoms with van der Waals surface area (Å²) in [5, 5.41) is 5.61. The second-order valence-corrected chi connectivity index (χ2v) is 5.45. The molecule has 0 heterocycles. The molecular formula is C17H28ClN3O3. The van der Waals surface area contributed by atoms with Crippen LogP contribution in [-0.4, -0.2) is 37.6 Å². The Bertz CT molecular complexity index is 510. The van der Waals surface area contributed by atoms with E-state index in [0.717, 1.165) is 6.42 Å². The molecule has 1 aromatic rings. The lowest BCUT2D eigenvalue weighted by atomic mass is 10.1. The lowest BCUT2D eigenvalue weighted by Crippen LogP contribution is -2.25. The van der Waals surface area contributed by atoms with Crippen molar-refractivity contribution in [2.45, 2.75) is 39.2 Å². The maximum atomic E-state index is 12.0. The Hall–Kier alpha value is -1.63. The van der Waals surface area contributed by atoms with Gasteiger partial charge in [-0.15, -0.1) is 12.4 Å². The summed E-state index contributed by atoms with van der Waals surface area (Å²) >= 11 is 0. The van der Waals surface area contributed by atoms with Crippen molar-refractivity contribution in [2.24, 2.45) is 5.73 Å². The predicted molar refractivity (Wildman–Crippen MR) is 98.6 cm³/mol. The van der Waals surface area contributed by atoms with E-state index in [1.54, 1.807) is 24.3 Å². The van der Waals surface area contributed by atoms with Gasteiger partial charge in [0.25, 0.3) is 5.91 Å². The Morgan fingerprint density at radius 1 is 1.33 bits per heavy atom. The highest BCUT2D eigenvalue weighted by atomic mass is 35.5. The number of anilines is 1. The smallest absolute Gasteiger partial charge is 0.251 e. The van der Waals surface area contributed by atoms with Crippen LogP contribution in [0.5, 0.6) is 0 Å². The van der Waals surface area contributed by atoms with Crippen molar-refractivity contribution in [2.75, 3.05) is 25.1 Å². The minimum atomic E-state index is -0.159. The van der Waals surface area contributed by atoms with Crippen LogP contribution in [0.2, 0.25) is 0 Å². The van der Waals surface area contributed by atoms with Crippen molar-refractivity contribution in [3.05, 3.63) is 29.8 Å². The van der Waals surface area contributed by atoms with E-state index in [2.05, 4.69) is 10.6 Å². The number of ether oxygens (including phenoxy) is 1. The molecule has 6 nitrogen and oxygen atoms in total. The zero-order valence-electron chi connectivity index (χ0n) is 14.3. The maximum Gasteiger partial charge on any atom is 0.251 e. The number of carbonyl (C=O) groups is 2. The van der Waals surface area contributed by atoms with Gasteiger partial charge in [-0.2, -0.15) is 0 Å². The number of hydrogen-bond acceptors (Lipinski definition) is 4. The number of hydrogen-bond donors (Lipinski definition) is 3. The average molecular weight is 358 g/mol. The fourth-order valence-electron chi connectivity index (χ4n) is 1.94. The number of carbonyl (C=O) groups excluding carboxylic acids is 2. The van der Waals surface area contributed by atoms with Crippen LogP contribution in [0.1, 0.15) is 43.5 Å². The molecule has 0 aliphatic carbocycles. The summed E-state index contributed by atoms with van der Waals surface area (Å²) in [6, 6.07) is 6.89. The molecule has 1 atom stereocenters. The SMILES string of the molecule is CCOCCCNC(=O)c1cccc(NC(=O)CCC(C)N)c1.Cl. The van der Waals surface area contributed by atoms with E-state index in [9.17, 15) is 9.59 Å². The largest absolute Gasteiger partial charge is 0.382 e. The second kappa shape index (κ2) is 12.8. The summed E-state index contributed by atoms with van der Waals surface area (Å²) in [7, 11) is 0. The number of amides is 2. The lowest BCUT2D eigenvalue weighted by molar-refractivity contribution is -0.116. The Morgan fingerprint density at radius 3 is 2.75 bits per heavy atom. The molecule has 24 heavy (non-hydrogen) atoms. The van der Waals surface area contributed by atoms with Crippen molar-refractivity contribution in [1.29, 1.82) is 0 Å². The molecule has 0 saturated carbocycles. The van der Waals surface area contributed by atoms with Gasteiger partial charge in [-0.3, -0.25) is 9.59 Å². The fraction of sp³-hybridized carbons (Fsp3) is 0.529. The molecular weight excluding hydrogens is 330 g/mol. The lowest BCUT2D eigenvalue weighted by Gasteiger charge is -2.09. The Kier molecular flexibility index (Phi) is 11.9. The average Bonchev–Trinajstić information content (AvgIpc) is 2.53. The van der Waals surface area contributed by atoms with Gasteiger partial charge in [0.2, 0.25) is 5.91 Å². The minimum absolute atomic E-state index is 0. The summed E-state index contributed by atoms with van der Waals surface area (Å²) in [4.78, 5) is 23.8. The van der Waals surface area contributed by atoms with Crippen LogP contribution in [0.4, 0.5) is 5.69 Å². The summed E-state index contributed by atoms with van der Waals surface area (Å²) < 4.78 is 5.22. The molecule has 1 unspecified atom stereocenters. The highest BCUT2D eigenvalue weighted by Gasteiger charge is 2.08. The van der Waals surface area contributed by atoms with Crippen LogP contribution in [-0.2, 0) is 9.53 Å². The van der Waals surface area contributed by atoms with Gasteiger partial charge in [0.1, 0.15) is 0 Å². The van der Waals surface area contributed by atoms with E-state index in [-0.39, 0.29) is 30.3 Å². The summed E-state index contributed by atoms with van der Waals surface area (Å²) in [5.74, 6) is -0.259. The molecule has 0 radical (unpaired) electrons. The molecule has 0 spiro atoms. The third kappa shape index (κ3) is 9.50. The molecule has 0 saturated heterocycles. The first-order chi connectivity index (χ1) is 11.0. The third-order valence-corrected chi connectivity index (χ3v) is 3.19. The molecule has 7 heteroatoms. The van der Waals surface area contributed by atoms with E-state index in [4.69, 9.17) is 10.5 Å². The quantitative estimate of drug-likeness (QED) is 0.560. The number of halogens is 1. The van der Waals surface area contributed by atoms with E-state index in [1.165, 1.54) is 0 Å².